The van der Waals surface area contributed by atoms with Crippen LogP contribution in [0.15, 0.2) is 158 Å². The van der Waals surface area contributed by atoms with Gasteiger partial charge in [0.25, 0.3) is 23.6 Å². The van der Waals surface area contributed by atoms with Gasteiger partial charge in [0.1, 0.15) is 11.6 Å². The highest BCUT2D eigenvalue weighted by Gasteiger charge is 2.33. The zero-order valence-electron chi connectivity index (χ0n) is 53.6. The molecule has 5 fully saturated rings. The number of carbonyl (C=O) groups excluding carboxylic acids is 8. The summed E-state index contributed by atoms with van der Waals surface area (Å²) in [6, 6.07) is 49.3. The van der Waals surface area contributed by atoms with Crippen molar-refractivity contribution in [2.45, 2.75) is 110 Å². The highest BCUT2D eigenvalue weighted by molar-refractivity contribution is 14.1. The van der Waals surface area contributed by atoms with Crippen molar-refractivity contribution in [2.24, 2.45) is 17.8 Å². The van der Waals surface area contributed by atoms with Gasteiger partial charge in [-0.05, 0) is 240 Å². The predicted octanol–water partition coefficient (Wildman–Crippen LogP) is 16.6. The van der Waals surface area contributed by atoms with Gasteiger partial charge in [-0.15, -0.1) is 22.7 Å². The molecule has 15 rings (SSSR count). The molecule has 95 heavy (non-hydrogen) atoms. The van der Waals surface area contributed by atoms with Crippen LogP contribution in [0, 0.1) is 21.3 Å². The molecule has 17 heteroatoms. The molecular formula is C78H79IN6O8S2. The van der Waals surface area contributed by atoms with E-state index in [1.54, 1.807) is 77.3 Å². The van der Waals surface area contributed by atoms with Gasteiger partial charge in [-0.1, -0.05) is 67.1 Å². The minimum absolute atomic E-state index is 0.0460. The summed E-state index contributed by atoms with van der Waals surface area (Å²) in [6.45, 7) is 7.00. The van der Waals surface area contributed by atoms with Crippen LogP contribution in [-0.2, 0) is 22.4 Å². The second-order valence-electron chi connectivity index (χ2n) is 25.6. The number of hydrogen-bond acceptors (Lipinski definition) is 12. The fourth-order valence-corrected chi connectivity index (χ4v) is 16.0. The van der Waals surface area contributed by atoms with E-state index in [0.29, 0.717) is 90.7 Å². The number of benzene rings is 6. The van der Waals surface area contributed by atoms with Crippen LogP contribution >= 0.6 is 45.3 Å². The molecule has 1 unspecified atom stereocenters. The Hall–Kier alpha value is -8.23. The molecule has 4 aliphatic heterocycles. The van der Waals surface area contributed by atoms with Gasteiger partial charge < -0.3 is 30.7 Å². The summed E-state index contributed by atoms with van der Waals surface area (Å²) < 4.78 is 0.877. The van der Waals surface area contributed by atoms with Crippen LogP contribution < -0.4 is 30.7 Å². The second kappa shape index (κ2) is 31.1. The Balaban J connectivity index is 0.000000149. The van der Waals surface area contributed by atoms with E-state index in [1.165, 1.54) is 32.9 Å². The molecule has 3 N–H and O–H groups in total. The zero-order chi connectivity index (χ0) is 66.0. The number of nitrogens with zero attached hydrogens (tertiary/aromatic N) is 3. The van der Waals surface area contributed by atoms with Crippen LogP contribution in [0.25, 0.3) is 20.9 Å². The summed E-state index contributed by atoms with van der Waals surface area (Å²) in [5.74, 6) is 1.04. The molecule has 4 amide bonds. The Morgan fingerprint density at radius 3 is 1.39 bits per heavy atom. The fourth-order valence-electron chi connectivity index (χ4n) is 12.9. The lowest BCUT2D eigenvalue weighted by Crippen LogP contribution is -2.32. The van der Waals surface area contributed by atoms with Crippen LogP contribution in [0.2, 0.25) is 0 Å². The van der Waals surface area contributed by atoms with Crippen LogP contribution in [0.3, 0.4) is 0 Å². The molecule has 7 aliphatic rings. The van der Waals surface area contributed by atoms with Crippen LogP contribution in [0.4, 0.5) is 28.4 Å². The van der Waals surface area contributed by atoms with Crippen molar-refractivity contribution in [3.05, 3.63) is 204 Å². The first kappa shape index (κ1) is 66.8. The average molecular weight is 1420 g/mol. The fraction of sp³-hybridized carbons (Fsp3) is 0.333. The van der Waals surface area contributed by atoms with Gasteiger partial charge in [0.05, 0.1) is 38.2 Å². The SMILES string of the molecule is C1CCNC1.CC(=O)C1CCCCC1=O.O=C(CC1CC1)c1cc2c(s1)-c1ccccc1N(C(=O)c1ccc(NC(=O)c3ccccc3I)cc1)CC2.O=C(CC1CC1)c1cc2c(s1)-c1ccccc1N(C(=O)c1ccc(NC(=O)c3ccccc3N3CCCC3)cc1)CC2. The number of Topliss-reactive ketones (excluding diaryl/α,β-unsaturated/α-hetero) is 4. The number of rotatable bonds is 14. The Kier molecular flexibility index (Phi) is 21.9. The molecule has 6 aromatic carbocycles. The molecule has 2 saturated heterocycles. The summed E-state index contributed by atoms with van der Waals surface area (Å²) in [7, 11) is 0. The van der Waals surface area contributed by atoms with Gasteiger partial charge in [-0.25, -0.2) is 0 Å². The summed E-state index contributed by atoms with van der Waals surface area (Å²) in [6.07, 6.45) is 15.8. The molecule has 0 bridgehead atoms. The van der Waals surface area contributed by atoms with E-state index in [1.807, 2.05) is 107 Å². The van der Waals surface area contributed by atoms with E-state index < -0.39 is 0 Å². The molecule has 14 nitrogen and oxygen atoms in total. The third-order valence-corrected chi connectivity index (χ3v) is 22.0. The summed E-state index contributed by atoms with van der Waals surface area (Å²) in [5, 5.41) is 9.15. The first-order valence-electron chi connectivity index (χ1n) is 33.5. The first-order valence-corrected chi connectivity index (χ1v) is 36.2. The zero-order valence-corrected chi connectivity index (χ0v) is 57.4. The monoisotopic (exact) mass is 1420 g/mol. The number of nitrogens with one attached hydrogen (secondary N) is 3. The number of para-hydroxylation sites is 3. The van der Waals surface area contributed by atoms with E-state index >= 15 is 0 Å². The third kappa shape index (κ3) is 16.5. The Labute approximate surface area is 577 Å². The second-order valence-corrected chi connectivity index (χ2v) is 28.9. The molecule has 3 saturated carbocycles. The van der Waals surface area contributed by atoms with Gasteiger partial charge >= 0.3 is 0 Å². The van der Waals surface area contributed by atoms with Gasteiger partial charge in [-0.2, -0.15) is 0 Å². The lowest BCUT2D eigenvalue weighted by molar-refractivity contribution is -0.133. The molecule has 2 aromatic heterocycles. The highest BCUT2D eigenvalue weighted by atomic mass is 127. The molecular weight excluding hydrogens is 1340 g/mol. The number of fused-ring (bicyclic) bond motifs is 6. The van der Waals surface area contributed by atoms with Gasteiger partial charge in [-0.3, -0.25) is 38.4 Å². The molecule has 0 spiro atoms. The smallest absolute Gasteiger partial charge is 0.258 e. The Bertz CT molecular complexity index is 4150. The molecule has 0 radical (unpaired) electrons. The average Bonchev–Trinajstić information content (AvgIpc) is 1.66. The molecule has 6 heterocycles. The van der Waals surface area contributed by atoms with Crippen molar-refractivity contribution in [2.75, 3.05) is 64.6 Å². The van der Waals surface area contributed by atoms with E-state index in [-0.39, 0.29) is 52.7 Å². The van der Waals surface area contributed by atoms with Crippen LogP contribution in [-0.4, -0.2) is 86.0 Å². The number of halogens is 1. The largest absolute Gasteiger partial charge is 0.371 e. The van der Waals surface area contributed by atoms with Crippen molar-refractivity contribution >= 4 is 120 Å². The number of hydrogen-bond donors (Lipinski definition) is 3. The lowest BCUT2D eigenvalue weighted by atomic mass is 9.86. The molecule has 1 atom stereocenters. The maximum Gasteiger partial charge on any atom is 0.258 e. The summed E-state index contributed by atoms with van der Waals surface area (Å²) in [4.78, 5) is 111. The van der Waals surface area contributed by atoms with Crippen molar-refractivity contribution in [3.8, 4) is 20.9 Å². The Morgan fingerprint density at radius 1 is 0.495 bits per heavy atom. The standard InChI is InChI=1S/C35H33N3O3S.C31H25IN2O3S.C8H12O2.C4H9N/c39-31(21-23-11-12-23)32-22-25-17-20-38(30-10-4-1-7-27(30)33(25)42-32)35(41)24-13-15-26(16-14-24)36-34(40)28-8-2-3-9-29(28)37-18-5-6-19-37;32-25-7-3-1-5-23(25)30(36)33-22-13-11-20(12-14-22)31(37)34-16-15-21-18-28(27(35)17-19-9-10-19)38-29(21)24-6-2-4-8-26(24)34;1-6(9)7-4-2-3-5-8(7)10;1-2-4-5-3-1/h1-4,7-10,13-16,22-23H,5-6,11-12,17-21H2,(H,36,40);1-8,11-14,18-19H,9-10,15-17H2,(H,33,36);7H,2-5H2,1H3;5H,1-4H2. The van der Waals surface area contributed by atoms with Crippen molar-refractivity contribution in [3.63, 3.8) is 0 Å². The number of amides is 4. The first-order chi connectivity index (χ1) is 46.2. The highest BCUT2D eigenvalue weighted by Crippen LogP contribution is 2.45. The van der Waals surface area contributed by atoms with Crippen LogP contribution in [0.1, 0.15) is 169 Å². The number of thiophene rings is 2. The van der Waals surface area contributed by atoms with Crippen molar-refractivity contribution in [1.29, 1.82) is 0 Å². The number of anilines is 5. The van der Waals surface area contributed by atoms with E-state index in [0.717, 1.165) is 133 Å². The molecule has 8 aromatic rings. The van der Waals surface area contributed by atoms with E-state index in [9.17, 15) is 38.4 Å². The summed E-state index contributed by atoms with van der Waals surface area (Å²) in [5.41, 5.74) is 10.6. The maximum atomic E-state index is 13.8. The van der Waals surface area contributed by atoms with E-state index in [4.69, 9.17) is 0 Å². The predicted molar refractivity (Wildman–Crippen MR) is 389 cm³/mol. The minimum atomic E-state index is -0.256. The molecule has 3 aliphatic carbocycles. The topological polar surface area (TPSA) is 182 Å². The molecule has 488 valence electrons. The van der Waals surface area contributed by atoms with Crippen molar-refractivity contribution in [1.82, 2.24) is 5.32 Å². The quantitative estimate of drug-likeness (QED) is 0.0538. The number of carbonyl (C=O) groups is 8. The lowest BCUT2D eigenvalue weighted by Gasteiger charge is -2.23. The van der Waals surface area contributed by atoms with Crippen LogP contribution in [0.5, 0.6) is 0 Å². The van der Waals surface area contributed by atoms with Gasteiger partial charge in [0.2, 0.25) is 0 Å². The maximum absolute atomic E-state index is 13.8. The third-order valence-electron chi connectivity index (χ3n) is 18.6. The van der Waals surface area contributed by atoms with Crippen molar-refractivity contribution < 1.29 is 38.4 Å². The summed E-state index contributed by atoms with van der Waals surface area (Å²) >= 11 is 5.26. The normalized spacial score (nSPS) is 16.8. The number of ketones is 4. The van der Waals surface area contributed by atoms with Gasteiger partial charge in [0, 0.05) is 98.1 Å². The van der Waals surface area contributed by atoms with E-state index in [2.05, 4.69) is 49.5 Å². The van der Waals surface area contributed by atoms with Gasteiger partial charge in [0.15, 0.2) is 11.6 Å². The Morgan fingerprint density at radius 2 is 0.947 bits per heavy atom. The minimum Gasteiger partial charge on any atom is -0.371 e.